The Morgan fingerprint density at radius 1 is 0.905 bits per heavy atom. The van der Waals surface area contributed by atoms with Gasteiger partial charge < -0.3 is 0 Å². The van der Waals surface area contributed by atoms with Crippen molar-refractivity contribution in [2.45, 2.75) is 12.1 Å². The largest absolute Gasteiger partial charge is 0.416 e. The molecule has 0 saturated carbocycles. The molecule has 0 fully saturated rings. The highest BCUT2D eigenvalue weighted by molar-refractivity contribution is 6.42. The molecular weight excluding hydrogens is 367 g/mol. The van der Waals surface area contributed by atoms with Gasteiger partial charge in [-0.1, -0.05) is 40.9 Å². The summed E-state index contributed by atoms with van der Waals surface area (Å²) >= 11 is 23.7. The van der Waals surface area contributed by atoms with E-state index in [1.54, 1.807) is 0 Å². The van der Waals surface area contributed by atoms with Crippen molar-refractivity contribution in [3.05, 3.63) is 56.5 Å². The third kappa shape index (κ3) is 3.59. The first kappa shape index (κ1) is 16.8. The number of hydrogen-bond donors (Lipinski definition) is 0. The summed E-state index contributed by atoms with van der Waals surface area (Å²) in [5.41, 5.74) is 0.222. The van der Waals surface area contributed by atoms with Gasteiger partial charge >= 0.3 is 6.18 Å². The van der Waals surface area contributed by atoms with Crippen LogP contribution in [0.5, 0.6) is 0 Å². The fraction of sp³-hybridized carbons (Fsp3) is 0.143. The van der Waals surface area contributed by atoms with Crippen molar-refractivity contribution in [1.29, 1.82) is 0 Å². The number of benzene rings is 2. The van der Waals surface area contributed by atoms with E-state index < -0.39 is 11.7 Å². The minimum Gasteiger partial charge on any atom is -0.166 e. The van der Waals surface area contributed by atoms with Gasteiger partial charge in [0.05, 0.1) is 15.6 Å². The zero-order chi connectivity index (χ0) is 15.8. The first-order valence-corrected chi connectivity index (χ1v) is 7.32. The second kappa shape index (κ2) is 6.25. The Morgan fingerprint density at radius 2 is 1.48 bits per heavy atom. The molecule has 2 aromatic rings. The van der Waals surface area contributed by atoms with Crippen molar-refractivity contribution in [3.63, 3.8) is 0 Å². The quantitative estimate of drug-likeness (QED) is 0.493. The normalized spacial score (nSPS) is 11.8. The summed E-state index contributed by atoms with van der Waals surface area (Å²) in [7, 11) is 0. The van der Waals surface area contributed by atoms with E-state index in [0.717, 1.165) is 12.1 Å². The topological polar surface area (TPSA) is 0 Å². The molecule has 0 radical (unpaired) electrons. The molecule has 2 rings (SSSR count). The van der Waals surface area contributed by atoms with Gasteiger partial charge in [0.1, 0.15) is 0 Å². The predicted octanol–water partition coefficient (Wildman–Crippen LogP) is 7.07. The van der Waals surface area contributed by atoms with Crippen molar-refractivity contribution in [2.24, 2.45) is 0 Å². The zero-order valence-corrected chi connectivity index (χ0v) is 13.3. The Morgan fingerprint density at radius 3 is 1.95 bits per heavy atom. The monoisotopic (exact) mass is 372 g/mol. The van der Waals surface area contributed by atoms with Gasteiger partial charge in [-0.25, -0.2) is 0 Å². The fourth-order valence-electron chi connectivity index (χ4n) is 1.90. The lowest BCUT2D eigenvalue weighted by Gasteiger charge is -2.15. The summed E-state index contributed by atoms with van der Waals surface area (Å²) < 4.78 is 38.6. The Labute approximate surface area is 139 Å². The summed E-state index contributed by atoms with van der Waals surface area (Å²) in [6, 6.07) is 6.11. The van der Waals surface area contributed by atoms with Crippen molar-refractivity contribution in [3.8, 4) is 11.1 Å². The van der Waals surface area contributed by atoms with Crippen LogP contribution in [-0.4, -0.2) is 0 Å². The maximum atomic E-state index is 12.9. The Hall–Kier alpha value is -0.610. The van der Waals surface area contributed by atoms with Gasteiger partial charge in [-0.2, -0.15) is 13.2 Å². The van der Waals surface area contributed by atoms with Gasteiger partial charge in [-0.3, -0.25) is 0 Å². The first-order chi connectivity index (χ1) is 9.74. The van der Waals surface area contributed by atoms with E-state index in [2.05, 4.69) is 0 Å². The molecule has 0 nitrogen and oxygen atoms in total. The molecule has 7 heteroatoms. The third-order valence-corrected chi connectivity index (χ3v) is 3.96. The fourth-order valence-corrected chi connectivity index (χ4v) is 3.16. The minimum atomic E-state index is -4.47. The summed E-state index contributed by atoms with van der Waals surface area (Å²) in [5.74, 6) is 0.0305. The van der Waals surface area contributed by atoms with Crippen LogP contribution in [0.2, 0.25) is 15.1 Å². The molecular formula is C14H7Cl4F3. The van der Waals surface area contributed by atoms with Crippen LogP contribution in [0.3, 0.4) is 0 Å². The van der Waals surface area contributed by atoms with E-state index in [1.807, 2.05) is 0 Å². The lowest BCUT2D eigenvalue weighted by Crippen LogP contribution is -2.05. The Balaban J connectivity index is 2.73. The molecule has 0 atom stereocenters. The molecule has 0 unspecified atom stereocenters. The van der Waals surface area contributed by atoms with Crippen LogP contribution in [0.25, 0.3) is 11.1 Å². The van der Waals surface area contributed by atoms with Gasteiger partial charge in [0.15, 0.2) is 0 Å². The Bertz CT molecular complexity index is 657. The van der Waals surface area contributed by atoms with Gasteiger partial charge in [-0.05, 0) is 35.4 Å². The van der Waals surface area contributed by atoms with Crippen LogP contribution >= 0.6 is 46.4 Å². The number of hydrogen-bond acceptors (Lipinski definition) is 0. The molecule has 21 heavy (non-hydrogen) atoms. The molecule has 0 aromatic heterocycles. The number of alkyl halides is 4. The Kier molecular flexibility index (Phi) is 4.99. The zero-order valence-electron chi connectivity index (χ0n) is 10.2. The average molecular weight is 374 g/mol. The maximum absolute atomic E-state index is 12.9. The highest BCUT2D eigenvalue weighted by Crippen LogP contribution is 2.41. The van der Waals surface area contributed by atoms with Crippen molar-refractivity contribution in [2.75, 3.05) is 0 Å². The summed E-state index contributed by atoms with van der Waals surface area (Å²) in [6.07, 6.45) is -4.47. The molecule has 0 N–H and O–H groups in total. The SMILES string of the molecule is FC(F)(F)c1ccc(CCl)c(-c2c(Cl)cc(Cl)cc2Cl)c1. The van der Waals surface area contributed by atoms with Crippen molar-refractivity contribution in [1.82, 2.24) is 0 Å². The van der Waals surface area contributed by atoms with E-state index in [0.29, 0.717) is 10.6 Å². The van der Waals surface area contributed by atoms with Gasteiger partial charge in [0.25, 0.3) is 0 Å². The van der Waals surface area contributed by atoms with Gasteiger partial charge in [-0.15, -0.1) is 11.6 Å². The number of halogens is 7. The highest BCUT2D eigenvalue weighted by atomic mass is 35.5. The van der Waals surface area contributed by atoms with Crippen LogP contribution in [0.15, 0.2) is 30.3 Å². The predicted molar refractivity (Wildman–Crippen MR) is 81.5 cm³/mol. The minimum absolute atomic E-state index is 0.0305. The van der Waals surface area contributed by atoms with Crippen LogP contribution < -0.4 is 0 Å². The summed E-state index contributed by atoms with van der Waals surface area (Å²) in [6.45, 7) is 0. The smallest absolute Gasteiger partial charge is 0.166 e. The van der Waals surface area contributed by atoms with Crippen LogP contribution in [0, 0.1) is 0 Å². The summed E-state index contributed by atoms with van der Waals surface area (Å²) in [5, 5.41) is 0.629. The molecule has 0 aliphatic carbocycles. The standard InChI is InChI=1S/C14H7Cl4F3/c15-6-7-1-2-8(14(19,20)21)3-10(7)13-11(17)4-9(16)5-12(13)18/h1-5H,6H2. The second-order valence-electron chi connectivity index (χ2n) is 4.25. The lowest BCUT2D eigenvalue weighted by molar-refractivity contribution is -0.137. The van der Waals surface area contributed by atoms with E-state index in [1.165, 1.54) is 18.2 Å². The van der Waals surface area contributed by atoms with Crippen LogP contribution in [-0.2, 0) is 12.1 Å². The third-order valence-electron chi connectivity index (χ3n) is 2.86. The molecule has 0 amide bonds. The van der Waals surface area contributed by atoms with Gasteiger partial charge in [0.2, 0.25) is 0 Å². The molecule has 0 saturated heterocycles. The number of rotatable bonds is 2. The highest BCUT2D eigenvalue weighted by Gasteiger charge is 2.31. The molecule has 112 valence electrons. The average Bonchev–Trinajstić information content (AvgIpc) is 2.36. The van der Waals surface area contributed by atoms with Crippen LogP contribution in [0.1, 0.15) is 11.1 Å². The molecule has 0 heterocycles. The molecule has 0 aliphatic rings. The molecule has 2 aromatic carbocycles. The molecule has 0 spiro atoms. The van der Waals surface area contributed by atoms with Crippen LogP contribution in [0.4, 0.5) is 13.2 Å². The molecule has 0 bridgehead atoms. The van der Waals surface area contributed by atoms with E-state index in [4.69, 9.17) is 46.4 Å². The second-order valence-corrected chi connectivity index (χ2v) is 5.77. The van der Waals surface area contributed by atoms with E-state index in [-0.39, 0.29) is 27.1 Å². The van der Waals surface area contributed by atoms with Crippen molar-refractivity contribution >= 4 is 46.4 Å². The maximum Gasteiger partial charge on any atom is 0.416 e. The van der Waals surface area contributed by atoms with Gasteiger partial charge in [0, 0.05) is 16.5 Å². The van der Waals surface area contributed by atoms with E-state index in [9.17, 15) is 13.2 Å². The first-order valence-electron chi connectivity index (χ1n) is 5.65. The van der Waals surface area contributed by atoms with E-state index >= 15 is 0 Å². The van der Waals surface area contributed by atoms with Crippen molar-refractivity contribution < 1.29 is 13.2 Å². The lowest BCUT2D eigenvalue weighted by atomic mass is 9.97. The summed E-state index contributed by atoms with van der Waals surface area (Å²) in [4.78, 5) is 0. The molecule has 0 aliphatic heterocycles.